The van der Waals surface area contributed by atoms with Gasteiger partial charge in [-0.05, 0) is 81.0 Å². The number of ether oxygens (including phenoxy) is 2. The largest absolute Gasteiger partial charge is 0.494 e. The number of fused-ring (bicyclic) bond motifs is 2. The summed E-state index contributed by atoms with van der Waals surface area (Å²) < 4.78 is 37.9. The number of carboxylic acid groups (broad SMARTS) is 1. The second-order valence-electron chi connectivity index (χ2n) is 11.1. The number of nitrogens with two attached hydrogens (primary N) is 1. The summed E-state index contributed by atoms with van der Waals surface area (Å²) in [7, 11) is 1.43. The molecular formula is C31H34ClF2N5O6. The van der Waals surface area contributed by atoms with Gasteiger partial charge in [-0.25, -0.2) is 27.9 Å². The molecule has 0 spiro atoms. The zero-order valence-electron chi connectivity index (χ0n) is 25.3. The van der Waals surface area contributed by atoms with Gasteiger partial charge in [-0.1, -0.05) is 12.1 Å². The van der Waals surface area contributed by atoms with Gasteiger partial charge in [0.25, 0.3) is 5.91 Å². The standard InChI is InChI=1S/C23H23FN4O5.C8H10FNO.ClH/c1-11-12-7-8-16(14(12)6-5-13(11)22(32)33-23(2,3)4)27-20(29)18-9-17(21(30)31)26-19-15(24)10-25-28(18)19;1-11-8-4-6(5-10)2-3-7(8)9;/h5-6,9-10,16H,7-8H2,1-4H3,(H,27,29)(H,30,31);2-4H,5,10H2,1H3;1H/t16-;;/m0../s1. The molecule has 4 aromatic rings. The Balaban J connectivity index is 0.000000391. The number of aromatic nitrogens is 3. The molecule has 0 bridgehead atoms. The maximum Gasteiger partial charge on any atom is 0.354 e. The molecule has 1 aliphatic carbocycles. The predicted molar refractivity (Wildman–Crippen MR) is 163 cm³/mol. The van der Waals surface area contributed by atoms with Crippen LogP contribution in [0.3, 0.4) is 0 Å². The highest BCUT2D eigenvalue weighted by Gasteiger charge is 2.30. The molecule has 5 rings (SSSR count). The molecule has 2 aromatic heterocycles. The van der Waals surface area contributed by atoms with E-state index >= 15 is 0 Å². The van der Waals surface area contributed by atoms with Crippen LogP contribution in [0, 0.1) is 18.6 Å². The first-order valence-electron chi connectivity index (χ1n) is 13.7. The van der Waals surface area contributed by atoms with Gasteiger partial charge in [0, 0.05) is 12.6 Å². The van der Waals surface area contributed by atoms with E-state index in [2.05, 4.69) is 15.4 Å². The number of aromatic carboxylic acids is 1. The van der Waals surface area contributed by atoms with Crippen LogP contribution in [-0.2, 0) is 17.7 Å². The number of amides is 1. The van der Waals surface area contributed by atoms with E-state index < -0.39 is 35.0 Å². The Bertz CT molecular complexity index is 1750. The fourth-order valence-corrected chi connectivity index (χ4v) is 4.86. The SMILES string of the molecule is COc1cc(CN)ccc1F.Cc1c(C(=O)OC(C)(C)C)ccc2c1CC[C@@H]2NC(=O)c1cc(C(=O)O)nc2c(F)cnn12.Cl. The van der Waals surface area contributed by atoms with Crippen molar-refractivity contribution in [3.05, 3.63) is 93.4 Å². The maximum atomic E-state index is 14.0. The summed E-state index contributed by atoms with van der Waals surface area (Å²) in [5.41, 5.74) is 7.75. The number of halogens is 3. The van der Waals surface area contributed by atoms with Crippen LogP contribution in [0.1, 0.15) is 86.8 Å². The summed E-state index contributed by atoms with van der Waals surface area (Å²) in [4.78, 5) is 40.7. The number of nitrogens with one attached hydrogen (secondary N) is 1. The molecule has 0 saturated carbocycles. The molecule has 1 amide bonds. The molecule has 2 heterocycles. The zero-order chi connectivity index (χ0) is 32.3. The number of methoxy groups -OCH3 is 1. The minimum absolute atomic E-state index is 0. The number of carbonyl (C=O) groups is 3. The number of benzene rings is 2. The molecule has 4 N–H and O–H groups in total. The molecule has 1 atom stereocenters. The second kappa shape index (κ2) is 14.0. The summed E-state index contributed by atoms with van der Waals surface area (Å²) in [5, 5.41) is 16.0. The van der Waals surface area contributed by atoms with Crippen LogP contribution in [0.25, 0.3) is 5.65 Å². The van der Waals surface area contributed by atoms with Crippen molar-refractivity contribution in [2.45, 2.75) is 58.7 Å². The van der Waals surface area contributed by atoms with Crippen molar-refractivity contribution in [1.82, 2.24) is 19.9 Å². The fraction of sp³-hybridized carbons (Fsp3) is 0.323. The third kappa shape index (κ3) is 7.73. The van der Waals surface area contributed by atoms with E-state index in [-0.39, 0.29) is 41.4 Å². The van der Waals surface area contributed by atoms with Gasteiger partial charge in [-0.3, -0.25) is 4.79 Å². The summed E-state index contributed by atoms with van der Waals surface area (Å²) in [5.74, 6) is -3.35. The van der Waals surface area contributed by atoms with Crippen LogP contribution in [0.5, 0.6) is 5.75 Å². The molecule has 2 aromatic carbocycles. The average molecular weight is 646 g/mol. The van der Waals surface area contributed by atoms with Crippen LogP contribution < -0.4 is 15.8 Å². The van der Waals surface area contributed by atoms with Crippen molar-refractivity contribution in [3.63, 3.8) is 0 Å². The van der Waals surface area contributed by atoms with Gasteiger partial charge < -0.3 is 25.6 Å². The Morgan fingerprint density at radius 3 is 2.47 bits per heavy atom. The van der Waals surface area contributed by atoms with Gasteiger partial charge >= 0.3 is 11.9 Å². The minimum atomic E-state index is -1.39. The Kier molecular flexibility index (Phi) is 10.8. The van der Waals surface area contributed by atoms with Crippen molar-refractivity contribution < 1.29 is 37.7 Å². The molecule has 1 aliphatic rings. The number of nitrogens with zero attached hydrogens (tertiary/aromatic N) is 3. The van der Waals surface area contributed by atoms with Crippen molar-refractivity contribution >= 4 is 35.9 Å². The molecule has 240 valence electrons. The van der Waals surface area contributed by atoms with E-state index in [4.69, 9.17) is 15.2 Å². The molecule has 0 aliphatic heterocycles. The molecule has 0 radical (unpaired) electrons. The Labute approximate surface area is 264 Å². The smallest absolute Gasteiger partial charge is 0.354 e. The Morgan fingerprint density at radius 2 is 1.84 bits per heavy atom. The lowest BCUT2D eigenvalue weighted by atomic mass is 9.97. The van der Waals surface area contributed by atoms with Crippen molar-refractivity contribution in [3.8, 4) is 5.75 Å². The lowest BCUT2D eigenvalue weighted by Gasteiger charge is -2.21. The van der Waals surface area contributed by atoms with Crippen molar-refractivity contribution in [1.29, 1.82) is 0 Å². The van der Waals surface area contributed by atoms with Crippen LogP contribution in [0.4, 0.5) is 8.78 Å². The predicted octanol–water partition coefficient (Wildman–Crippen LogP) is 4.96. The molecule has 0 fully saturated rings. The minimum Gasteiger partial charge on any atom is -0.494 e. The third-order valence-corrected chi connectivity index (χ3v) is 6.95. The first kappa shape index (κ1) is 34.9. The zero-order valence-corrected chi connectivity index (χ0v) is 26.1. The van der Waals surface area contributed by atoms with Crippen molar-refractivity contribution in [2.24, 2.45) is 5.73 Å². The van der Waals surface area contributed by atoms with E-state index in [0.717, 1.165) is 39.0 Å². The molecular weight excluding hydrogens is 612 g/mol. The number of esters is 1. The van der Waals surface area contributed by atoms with Gasteiger partial charge in [0.1, 0.15) is 11.3 Å². The number of carboxylic acids is 1. The monoisotopic (exact) mass is 645 g/mol. The van der Waals surface area contributed by atoms with Crippen LogP contribution in [0.2, 0.25) is 0 Å². The first-order chi connectivity index (χ1) is 20.7. The molecule has 11 nitrogen and oxygen atoms in total. The highest BCUT2D eigenvalue weighted by Crippen LogP contribution is 2.35. The molecule has 45 heavy (non-hydrogen) atoms. The number of hydrogen-bond acceptors (Lipinski definition) is 8. The Hall–Kier alpha value is -4.62. The van der Waals surface area contributed by atoms with Gasteiger partial charge in [0.2, 0.25) is 0 Å². The summed E-state index contributed by atoms with van der Waals surface area (Å²) in [6.07, 6.45) is 2.11. The first-order valence-corrected chi connectivity index (χ1v) is 13.7. The van der Waals surface area contributed by atoms with Gasteiger partial charge in [0.05, 0.1) is 24.9 Å². The molecule has 14 heteroatoms. The van der Waals surface area contributed by atoms with Crippen LogP contribution in [-0.4, -0.2) is 50.3 Å². The molecule has 0 saturated heterocycles. The van der Waals surface area contributed by atoms with E-state index in [9.17, 15) is 28.3 Å². The van der Waals surface area contributed by atoms with Gasteiger partial charge in [0.15, 0.2) is 28.7 Å². The van der Waals surface area contributed by atoms with Crippen LogP contribution >= 0.6 is 12.4 Å². The summed E-state index contributed by atoms with van der Waals surface area (Å²) in [6.45, 7) is 7.65. The number of carbonyl (C=O) groups excluding carboxylic acids is 2. The number of hydrogen-bond donors (Lipinski definition) is 3. The topological polar surface area (TPSA) is 158 Å². The highest BCUT2D eigenvalue weighted by molar-refractivity contribution is 5.96. The lowest BCUT2D eigenvalue weighted by Crippen LogP contribution is -2.29. The Morgan fingerprint density at radius 1 is 1.13 bits per heavy atom. The van der Waals surface area contributed by atoms with E-state index in [0.29, 0.717) is 24.9 Å². The maximum absolute atomic E-state index is 14.0. The molecule has 0 unspecified atom stereocenters. The van der Waals surface area contributed by atoms with Gasteiger partial charge in [-0.15, -0.1) is 12.4 Å². The lowest BCUT2D eigenvalue weighted by molar-refractivity contribution is 0.00682. The van der Waals surface area contributed by atoms with E-state index in [1.54, 1.807) is 45.0 Å². The van der Waals surface area contributed by atoms with Gasteiger partial charge in [-0.2, -0.15) is 5.10 Å². The summed E-state index contributed by atoms with van der Waals surface area (Å²) >= 11 is 0. The normalized spacial score (nSPS) is 13.6. The van der Waals surface area contributed by atoms with Crippen molar-refractivity contribution in [2.75, 3.05) is 7.11 Å². The average Bonchev–Trinajstić information content (AvgIpc) is 3.56. The number of rotatable bonds is 6. The van der Waals surface area contributed by atoms with Crippen LogP contribution in [0.15, 0.2) is 42.6 Å². The third-order valence-electron chi connectivity index (χ3n) is 6.95. The fourth-order valence-electron chi connectivity index (χ4n) is 4.86. The summed E-state index contributed by atoms with van der Waals surface area (Å²) in [6, 6.07) is 8.74. The second-order valence-corrected chi connectivity index (χ2v) is 11.1. The van der Waals surface area contributed by atoms with E-state index in [1.807, 2.05) is 6.92 Å². The van der Waals surface area contributed by atoms with E-state index in [1.165, 1.54) is 13.2 Å². The highest BCUT2D eigenvalue weighted by atomic mass is 35.5. The quantitative estimate of drug-likeness (QED) is 0.246.